The van der Waals surface area contributed by atoms with Gasteiger partial charge in [0.2, 0.25) is 0 Å². The van der Waals surface area contributed by atoms with Gasteiger partial charge in [0.25, 0.3) is 0 Å². The minimum Gasteiger partial charge on any atom is -0.496 e. The van der Waals surface area contributed by atoms with Crippen molar-refractivity contribution in [3.05, 3.63) is 60.7 Å². The molecule has 4 heteroatoms. The molecule has 3 aromatic rings. The summed E-state index contributed by atoms with van der Waals surface area (Å²) in [6.45, 7) is 0. The highest BCUT2D eigenvalue weighted by atomic mass is 16.5. The van der Waals surface area contributed by atoms with Crippen LogP contribution >= 0.6 is 0 Å². The third-order valence-electron chi connectivity index (χ3n) is 4.38. The lowest BCUT2D eigenvalue weighted by Crippen LogP contribution is -1.98. The van der Waals surface area contributed by atoms with Gasteiger partial charge < -0.3 is 19.5 Å². The van der Waals surface area contributed by atoms with Gasteiger partial charge in [0.15, 0.2) is 0 Å². The Hall–Kier alpha value is -3.14. The fraction of sp³-hybridized carbons (Fsp3) is 0.182. The predicted octanol–water partition coefficient (Wildman–Crippen LogP) is 5.09. The first-order valence-corrected chi connectivity index (χ1v) is 8.39. The van der Waals surface area contributed by atoms with Crippen LogP contribution in [0.1, 0.15) is 0 Å². The molecule has 0 aliphatic rings. The maximum atomic E-state index is 5.64. The minimum atomic E-state index is 0.688. The molecule has 0 atom stereocenters. The zero-order chi connectivity index (χ0) is 18.5. The van der Waals surface area contributed by atoms with Crippen molar-refractivity contribution in [3.63, 3.8) is 0 Å². The van der Waals surface area contributed by atoms with Crippen molar-refractivity contribution in [2.45, 2.75) is 0 Å². The number of methoxy groups -OCH3 is 3. The largest absolute Gasteiger partial charge is 0.496 e. The Bertz CT molecular complexity index is 866. The fourth-order valence-corrected chi connectivity index (χ4v) is 3.05. The number of rotatable bonds is 6. The van der Waals surface area contributed by atoms with Gasteiger partial charge in [-0.05, 0) is 23.3 Å². The number of nitrogens with one attached hydrogen (secondary N) is 1. The Kier molecular flexibility index (Phi) is 5.32. The van der Waals surface area contributed by atoms with Gasteiger partial charge in [-0.3, -0.25) is 0 Å². The Morgan fingerprint density at radius 3 is 1.88 bits per heavy atom. The Labute approximate surface area is 154 Å². The number of hydrogen-bond donors (Lipinski definition) is 1. The number of anilines is 1. The molecule has 0 unspecified atom stereocenters. The van der Waals surface area contributed by atoms with E-state index >= 15 is 0 Å². The second-order valence-corrected chi connectivity index (χ2v) is 5.78. The maximum Gasteiger partial charge on any atom is 0.134 e. The van der Waals surface area contributed by atoms with E-state index in [4.69, 9.17) is 14.2 Å². The van der Waals surface area contributed by atoms with Crippen molar-refractivity contribution < 1.29 is 14.2 Å². The van der Waals surface area contributed by atoms with E-state index in [9.17, 15) is 0 Å². The topological polar surface area (TPSA) is 39.7 Å². The molecule has 0 spiro atoms. The number of benzene rings is 3. The highest BCUT2D eigenvalue weighted by Gasteiger charge is 2.18. The molecule has 4 nitrogen and oxygen atoms in total. The average molecular weight is 349 g/mol. The van der Waals surface area contributed by atoms with E-state index in [-0.39, 0.29) is 0 Å². The van der Waals surface area contributed by atoms with Crippen LogP contribution in [0.2, 0.25) is 0 Å². The van der Waals surface area contributed by atoms with Crippen LogP contribution in [0.4, 0.5) is 5.69 Å². The molecule has 26 heavy (non-hydrogen) atoms. The molecular formula is C22H23NO3. The van der Waals surface area contributed by atoms with Crippen LogP contribution in [0, 0.1) is 0 Å². The first-order valence-electron chi connectivity index (χ1n) is 8.39. The van der Waals surface area contributed by atoms with Crippen LogP contribution in [0.5, 0.6) is 17.2 Å². The van der Waals surface area contributed by atoms with Gasteiger partial charge in [-0.25, -0.2) is 0 Å². The summed E-state index contributed by atoms with van der Waals surface area (Å²) in [6, 6.07) is 20.3. The summed E-state index contributed by atoms with van der Waals surface area (Å²) in [5.74, 6) is 2.08. The van der Waals surface area contributed by atoms with Gasteiger partial charge in [0.1, 0.15) is 17.2 Å². The lowest BCUT2D eigenvalue weighted by atomic mass is 9.96. The van der Waals surface area contributed by atoms with Gasteiger partial charge in [0, 0.05) is 30.4 Å². The van der Waals surface area contributed by atoms with Gasteiger partial charge in [-0.1, -0.05) is 36.4 Å². The summed E-state index contributed by atoms with van der Waals surface area (Å²) in [5.41, 5.74) is 5.16. The lowest BCUT2D eigenvalue weighted by Gasteiger charge is -2.18. The summed E-state index contributed by atoms with van der Waals surface area (Å²) in [5, 5.41) is 3.26. The molecule has 0 radical (unpaired) electrons. The molecule has 0 heterocycles. The molecule has 3 aromatic carbocycles. The Balaban J connectivity index is 2.25. The second kappa shape index (κ2) is 7.83. The van der Waals surface area contributed by atoms with Gasteiger partial charge in [0.05, 0.1) is 26.9 Å². The zero-order valence-electron chi connectivity index (χ0n) is 15.5. The van der Waals surface area contributed by atoms with Crippen molar-refractivity contribution in [3.8, 4) is 39.5 Å². The molecule has 0 aliphatic heterocycles. The van der Waals surface area contributed by atoms with E-state index in [1.54, 1.807) is 21.3 Å². The highest BCUT2D eigenvalue weighted by Crippen LogP contribution is 2.45. The molecule has 1 N–H and O–H groups in total. The highest BCUT2D eigenvalue weighted by molar-refractivity contribution is 5.89. The van der Waals surface area contributed by atoms with E-state index < -0.39 is 0 Å². The molecule has 0 saturated carbocycles. The molecule has 134 valence electrons. The van der Waals surface area contributed by atoms with Crippen molar-refractivity contribution >= 4 is 5.69 Å². The predicted molar refractivity (Wildman–Crippen MR) is 107 cm³/mol. The normalized spacial score (nSPS) is 10.3. The summed E-state index contributed by atoms with van der Waals surface area (Å²) in [4.78, 5) is 0. The van der Waals surface area contributed by atoms with E-state index in [2.05, 4.69) is 35.6 Å². The maximum absolute atomic E-state index is 5.64. The van der Waals surface area contributed by atoms with E-state index in [1.807, 2.05) is 37.4 Å². The summed E-state index contributed by atoms with van der Waals surface area (Å²) >= 11 is 0. The third kappa shape index (κ3) is 3.31. The molecular weight excluding hydrogens is 326 g/mol. The first kappa shape index (κ1) is 17.7. The van der Waals surface area contributed by atoms with Crippen molar-refractivity contribution in [1.82, 2.24) is 0 Å². The van der Waals surface area contributed by atoms with Crippen LogP contribution < -0.4 is 19.5 Å². The Morgan fingerprint density at radius 2 is 1.35 bits per heavy atom. The Morgan fingerprint density at radius 1 is 0.692 bits per heavy atom. The number of hydrogen-bond acceptors (Lipinski definition) is 4. The van der Waals surface area contributed by atoms with E-state index in [0.29, 0.717) is 17.2 Å². The molecule has 0 fully saturated rings. The van der Waals surface area contributed by atoms with E-state index in [1.165, 1.54) is 0 Å². The SMILES string of the molecule is CNc1ccc(-c2ccccc2)cc1-c1c(OC)cc(OC)cc1OC. The van der Waals surface area contributed by atoms with E-state index in [0.717, 1.165) is 27.9 Å². The van der Waals surface area contributed by atoms with Crippen LogP contribution in [0.3, 0.4) is 0 Å². The molecule has 0 amide bonds. The van der Waals surface area contributed by atoms with Crippen molar-refractivity contribution in [1.29, 1.82) is 0 Å². The summed E-state index contributed by atoms with van der Waals surface area (Å²) < 4.78 is 16.6. The van der Waals surface area contributed by atoms with Crippen LogP contribution in [-0.4, -0.2) is 28.4 Å². The first-order chi connectivity index (χ1) is 12.7. The standard InChI is InChI=1S/C22H23NO3/c1-23-19-11-10-16(15-8-6-5-7-9-15)12-18(19)22-20(25-3)13-17(24-2)14-21(22)26-4/h5-14,23H,1-4H3. The summed E-state index contributed by atoms with van der Waals surface area (Å²) in [7, 11) is 6.84. The van der Waals surface area contributed by atoms with Crippen LogP contribution in [-0.2, 0) is 0 Å². The molecule has 0 saturated heterocycles. The van der Waals surface area contributed by atoms with Crippen LogP contribution in [0.25, 0.3) is 22.3 Å². The zero-order valence-corrected chi connectivity index (χ0v) is 15.5. The third-order valence-corrected chi connectivity index (χ3v) is 4.38. The van der Waals surface area contributed by atoms with Crippen LogP contribution in [0.15, 0.2) is 60.7 Å². The average Bonchev–Trinajstić information content (AvgIpc) is 2.72. The lowest BCUT2D eigenvalue weighted by molar-refractivity contribution is 0.377. The minimum absolute atomic E-state index is 0.688. The monoisotopic (exact) mass is 349 g/mol. The van der Waals surface area contributed by atoms with Gasteiger partial charge in [-0.2, -0.15) is 0 Å². The van der Waals surface area contributed by atoms with Gasteiger partial charge in [-0.15, -0.1) is 0 Å². The molecule has 0 aromatic heterocycles. The number of ether oxygens (including phenoxy) is 3. The molecule has 0 aliphatic carbocycles. The van der Waals surface area contributed by atoms with Crippen molar-refractivity contribution in [2.24, 2.45) is 0 Å². The van der Waals surface area contributed by atoms with Crippen molar-refractivity contribution in [2.75, 3.05) is 33.7 Å². The van der Waals surface area contributed by atoms with Gasteiger partial charge >= 0.3 is 0 Å². The second-order valence-electron chi connectivity index (χ2n) is 5.78. The quantitative estimate of drug-likeness (QED) is 0.673. The molecule has 3 rings (SSSR count). The fourth-order valence-electron chi connectivity index (χ4n) is 3.05. The molecule has 0 bridgehead atoms. The summed E-state index contributed by atoms with van der Waals surface area (Å²) in [6.07, 6.45) is 0. The smallest absolute Gasteiger partial charge is 0.134 e.